The molecule has 2 aromatic heterocycles. The van der Waals surface area contributed by atoms with Gasteiger partial charge in [0.1, 0.15) is 0 Å². The molecule has 0 fully saturated rings. The number of hydrogen-bond acceptors (Lipinski definition) is 5. The number of thioether (sulfide) groups is 1. The number of fused-ring (bicyclic) bond motifs is 2. The Hall–Kier alpha value is -2.80. The molecule has 0 aliphatic rings. The number of aryl methyl sites for hydroxylation is 1. The third kappa shape index (κ3) is 3.49. The fourth-order valence-corrected chi connectivity index (χ4v) is 4.17. The number of oxazole rings is 1. The molecule has 0 saturated carbocycles. The first-order valence-corrected chi connectivity index (χ1v) is 10.4. The van der Waals surface area contributed by atoms with E-state index in [1.807, 2.05) is 42.5 Å². The monoisotopic (exact) mass is 395 g/mol. The Labute approximate surface area is 165 Å². The van der Waals surface area contributed by atoms with E-state index < -0.39 is 0 Å². The summed E-state index contributed by atoms with van der Waals surface area (Å²) in [6, 6.07) is 14.8. The molecular weight excluding hydrogens is 374 g/mol. The van der Waals surface area contributed by atoms with Crippen molar-refractivity contribution in [1.29, 1.82) is 0 Å². The number of hydrogen-bond donors (Lipinski definition) is 0. The second-order valence-corrected chi connectivity index (χ2v) is 7.62. The first kappa shape index (κ1) is 18.6. The van der Waals surface area contributed by atoms with E-state index in [9.17, 15) is 9.59 Å². The summed E-state index contributed by atoms with van der Waals surface area (Å²) in [5, 5.41) is 1.33. The third-order valence-corrected chi connectivity index (χ3v) is 5.64. The molecule has 144 valence electrons. The van der Waals surface area contributed by atoms with E-state index in [2.05, 4.69) is 6.92 Å². The maximum atomic E-state index is 12.9. The molecule has 2 heterocycles. The predicted molar refractivity (Wildman–Crippen MR) is 112 cm³/mol. The van der Waals surface area contributed by atoms with Gasteiger partial charge in [-0.2, -0.15) is 0 Å². The summed E-state index contributed by atoms with van der Waals surface area (Å²) in [7, 11) is 0. The zero-order valence-electron chi connectivity index (χ0n) is 15.6. The predicted octanol–water partition coefficient (Wildman–Crippen LogP) is 3.90. The highest BCUT2D eigenvalue weighted by Crippen LogP contribution is 2.20. The van der Waals surface area contributed by atoms with Crippen LogP contribution in [0.25, 0.3) is 22.0 Å². The standard InChI is InChI=1S/C21H21N3O3S/c1-2-3-12-24-19(25)15-8-4-5-9-16(15)22-20(24)28-14-13-23-17-10-6-7-11-18(17)27-21(23)26/h4-11H,2-3,12-14H2,1H3. The normalized spacial score (nSPS) is 11.5. The van der Waals surface area contributed by atoms with E-state index in [0.29, 0.717) is 40.5 Å². The zero-order chi connectivity index (χ0) is 19.5. The van der Waals surface area contributed by atoms with E-state index >= 15 is 0 Å². The minimum absolute atomic E-state index is 0.00696. The van der Waals surface area contributed by atoms with Crippen molar-refractivity contribution < 1.29 is 4.42 Å². The van der Waals surface area contributed by atoms with Gasteiger partial charge in [0.25, 0.3) is 5.56 Å². The minimum Gasteiger partial charge on any atom is -0.408 e. The Morgan fingerprint density at radius 3 is 2.64 bits per heavy atom. The number of nitrogens with zero attached hydrogens (tertiary/aromatic N) is 3. The van der Waals surface area contributed by atoms with Crippen molar-refractivity contribution >= 4 is 33.8 Å². The van der Waals surface area contributed by atoms with Gasteiger partial charge in [-0.15, -0.1) is 0 Å². The summed E-state index contributed by atoms with van der Waals surface area (Å²) in [6.07, 6.45) is 1.92. The highest BCUT2D eigenvalue weighted by atomic mass is 32.2. The van der Waals surface area contributed by atoms with Crippen LogP contribution in [0.15, 0.2) is 67.7 Å². The van der Waals surface area contributed by atoms with Crippen LogP contribution in [0.1, 0.15) is 19.8 Å². The van der Waals surface area contributed by atoms with Crippen molar-refractivity contribution in [2.75, 3.05) is 5.75 Å². The molecule has 0 aliphatic carbocycles. The Morgan fingerprint density at radius 1 is 1.00 bits per heavy atom. The molecular formula is C21H21N3O3S. The summed E-state index contributed by atoms with van der Waals surface area (Å²) in [5.74, 6) is 0.247. The smallest absolute Gasteiger partial charge is 0.408 e. The quantitative estimate of drug-likeness (QED) is 0.351. The summed E-state index contributed by atoms with van der Waals surface area (Å²) >= 11 is 1.49. The van der Waals surface area contributed by atoms with E-state index in [4.69, 9.17) is 9.40 Å². The molecule has 0 bridgehead atoms. The first-order valence-electron chi connectivity index (χ1n) is 9.40. The largest absolute Gasteiger partial charge is 0.419 e. The molecule has 0 spiro atoms. The topological polar surface area (TPSA) is 70.0 Å². The summed E-state index contributed by atoms with van der Waals surface area (Å²) in [5.41, 5.74) is 2.06. The fourth-order valence-electron chi connectivity index (χ4n) is 3.23. The van der Waals surface area contributed by atoms with Crippen LogP contribution >= 0.6 is 11.8 Å². The van der Waals surface area contributed by atoms with Crippen molar-refractivity contribution in [3.63, 3.8) is 0 Å². The molecule has 0 radical (unpaired) electrons. The molecule has 0 saturated heterocycles. The van der Waals surface area contributed by atoms with Crippen LogP contribution < -0.4 is 11.3 Å². The van der Waals surface area contributed by atoms with E-state index in [0.717, 1.165) is 18.4 Å². The van der Waals surface area contributed by atoms with Crippen LogP contribution in [0.4, 0.5) is 0 Å². The van der Waals surface area contributed by atoms with Crippen molar-refractivity contribution in [1.82, 2.24) is 14.1 Å². The lowest BCUT2D eigenvalue weighted by atomic mass is 10.2. The number of aromatic nitrogens is 3. The van der Waals surface area contributed by atoms with Crippen LogP contribution in [0.3, 0.4) is 0 Å². The van der Waals surface area contributed by atoms with Crippen LogP contribution in [0, 0.1) is 0 Å². The summed E-state index contributed by atoms with van der Waals surface area (Å²) in [6.45, 7) is 3.23. The molecule has 7 heteroatoms. The molecule has 0 aliphatic heterocycles. The Morgan fingerprint density at radius 2 is 1.79 bits per heavy atom. The molecule has 6 nitrogen and oxygen atoms in total. The Balaban J connectivity index is 1.62. The molecule has 4 rings (SSSR count). The Bertz CT molecular complexity index is 1240. The fraction of sp³-hybridized carbons (Fsp3) is 0.286. The lowest BCUT2D eigenvalue weighted by molar-refractivity contribution is 0.514. The van der Waals surface area contributed by atoms with Gasteiger partial charge in [0.2, 0.25) is 0 Å². The van der Waals surface area contributed by atoms with Gasteiger partial charge in [-0.05, 0) is 30.7 Å². The van der Waals surface area contributed by atoms with Crippen molar-refractivity contribution in [3.8, 4) is 0 Å². The van der Waals surface area contributed by atoms with Gasteiger partial charge in [-0.3, -0.25) is 13.9 Å². The molecule has 2 aromatic carbocycles. The highest BCUT2D eigenvalue weighted by Gasteiger charge is 2.13. The molecule has 0 unspecified atom stereocenters. The Kier molecular flexibility index (Phi) is 5.34. The maximum absolute atomic E-state index is 12.9. The molecule has 0 N–H and O–H groups in total. The minimum atomic E-state index is -0.364. The lowest BCUT2D eigenvalue weighted by Crippen LogP contribution is -2.24. The van der Waals surface area contributed by atoms with Crippen LogP contribution in [0.5, 0.6) is 0 Å². The molecule has 0 amide bonds. The average Bonchev–Trinajstić information content (AvgIpc) is 3.03. The van der Waals surface area contributed by atoms with Crippen molar-refractivity contribution in [2.45, 2.75) is 38.0 Å². The van der Waals surface area contributed by atoms with Crippen LogP contribution in [-0.2, 0) is 13.1 Å². The highest BCUT2D eigenvalue weighted by molar-refractivity contribution is 7.99. The van der Waals surface area contributed by atoms with Crippen molar-refractivity contribution in [2.24, 2.45) is 0 Å². The SMILES string of the molecule is CCCCn1c(SCCn2c(=O)oc3ccccc32)nc2ccccc2c1=O. The molecule has 0 atom stereocenters. The zero-order valence-corrected chi connectivity index (χ0v) is 16.4. The second-order valence-electron chi connectivity index (χ2n) is 6.56. The molecule has 4 aromatic rings. The van der Waals surface area contributed by atoms with Gasteiger partial charge in [-0.1, -0.05) is 49.4 Å². The number of unbranched alkanes of at least 4 members (excludes halogenated alkanes) is 1. The van der Waals surface area contributed by atoms with E-state index in [-0.39, 0.29) is 11.3 Å². The van der Waals surface area contributed by atoms with Gasteiger partial charge in [0, 0.05) is 18.8 Å². The maximum Gasteiger partial charge on any atom is 0.419 e. The average molecular weight is 395 g/mol. The van der Waals surface area contributed by atoms with Gasteiger partial charge in [0.05, 0.1) is 16.4 Å². The van der Waals surface area contributed by atoms with Crippen molar-refractivity contribution in [3.05, 3.63) is 69.4 Å². The molecule has 28 heavy (non-hydrogen) atoms. The number of para-hydroxylation sites is 3. The summed E-state index contributed by atoms with van der Waals surface area (Å²) in [4.78, 5) is 29.8. The van der Waals surface area contributed by atoms with Crippen LogP contribution in [0.2, 0.25) is 0 Å². The van der Waals surface area contributed by atoms with E-state index in [1.165, 1.54) is 11.8 Å². The number of benzene rings is 2. The summed E-state index contributed by atoms with van der Waals surface area (Å²) < 4.78 is 8.66. The third-order valence-electron chi connectivity index (χ3n) is 4.68. The second kappa shape index (κ2) is 8.06. The lowest BCUT2D eigenvalue weighted by Gasteiger charge is -2.12. The van der Waals surface area contributed by atoms with Gasteiger partial charge >= 0.3 is 5.76 Å². The van der Waals surface area contributed by atoms with E-state index in [1.54, 1.807) is 15.2 Å². The van der Waals surface area contributed by atoms with Gasteiger partial charge < -0.3 is 4.42 Å². The van der Waals surface area contributed by atoms with Crippen LogP contribution in [-0.4, -0.2) is 19.9 Å². The van der Waals surface area contributed by atoms with Gasteiger partial charge in [-0.25, -0.2) is 9.78 Å². The number of rotatable bonds is 7. The van der Waals surface area contributed by atoms with Gasteiger partial charge in [0.15, 0.2) is 10.7 Å². The first-order chi connectivity index (χ1) is 13.7.